The molecule has 0 saturated carbocycles. The zero-order valence-corrected chi connectivity index (χ0v) is 14.0. The maximum absolute atomic E-state index is 5.53. The smallest absolute Gasteiger partial charge is 0.226 e. The van der Waals surface area contributed by atoms with E-state index in [0.29, 0.717) is 5.95 Å². The fourth-order valence-corrected chi connectivity index (χ4v) is 3.00. The van der Waals surface area contributed by atoms with Crippen LogP contribution in [0.2, 0.25) is 0 Å². The first kappa shape index (κ1) is 15.3. The van der Waals surface area contributed by atoms with Crippen LogP contribution in [-0.2, 0) is 0 Å². The molecular formula is C19H18N4O2. The summed E-state index contributed by atoms with van der Waals surface area (Å²) in [6.45, 7) is 0. The van der Waals surface area contributed by atoms with E-state index < -0.39 is 0 Å². The first-order chi connectivity index (χ1) is 12.3. The summed E-state index contributed by atoms with van der Waals surface area (Å²) < 4.78 is 12.8. The molecule has 0 fully saturated rings. The average molecular weight is 334 g/mol. The largest absolute Gasteiger partial charge is 0.497 e. The van der Waals surface area contributed by atoms with Crippen molar-refractivity contribution in [2.24, 2.45) is 0 Å². The molecule has 0 aliphatic carbocycles. The second-order valence-electron chi connectivity index (χ2n) is 5.66. The summed E-state index contributed by atoms with van der Waals surface area (Å²) in [7, 11) is 3.31. The van der Waals surface area contributed by atoms with Gasteiger partial charge in [-0.25, -0.2) is 4.68 Å². The number of nitrogens with zero attached hydrogens (tertiary/aromatic N) is 3. The molecule has 6 nitrogen and oxygen atoms in total. The third kappa shape index (κ3) is 2.71. The van der Waals surface area contributed by atoms with Crippen molar-refractivity contribution in [3.63, 3.8) is 0 Å². The van der Waals surface area contributed by atoms with Crippen molar-refractivity contribution in [1.29, 1.82) is 0 Å². The van der Waals surface area contributed by atoms with Gasteiger partial charge in [-0.15, -0.1) is 0 Å². The molecule has 1 atom stereocenters. The molecular weight excluding hydrogens is 316 g/mol. The molecule has 1 aliphatic rings. The van der Waals surface area contributed by atoms with Crippen molar-refractivity contribution in [2.45, 2.75) is 6.04 Å². The van der Waals surface area contributed by atoms with Gasteiger partial charge in [-0.2, -0.15) is 10.1 Å². The predicted octanol–water partition coefficient (Wildman–Crippen LogP) is 3.35. The molecule has 0 radical (unpaired) electrons. The molecule has 2 aromatic carbocycles. The molecule has 0 spiro atoms. The quantitative estimate of drug-likeness (QED) is 0.793. The van der Waals surface area contributed by atoms with Crippen LogP contribution in [0.15, 0.2) is 60.9 Å². The van der Waals surface area contributed by atoms with Crippen molar-refractivity contribution in [3.05, 3.63) is 72.1 Å². The maximum atomic E-state index is 5.53. The summed E-state index contributed by atoms with van der Waals surface area (Å²) in [5, 5.41) is 7.70. The topological polar surface area (TPSA) is 61.2 Å². The average Bonchev–Trinajstić information content (AvgIpc) is 3.16. The fourth-order valence-electron chi connectivity index (χ4n) is 3.00. The van der Waals surface area contributed by atoms with E-state index in [0.717, 1.165) is 28.3 Å². The van der Waals surface area contributed by atoms with Gasteiger partial charge in [0, 0.05) is 5.56 Å². The summed E-state index contributed by atoms with van der Waals surface area (Å²) in [5.41, 5.74) is 2.96. The second-order valence-corrected chi connectivity index (χ2v) is 5.66. The van der Waals surface area contributed by atoms with Gasteiger partial charge in [0.05, 0.1) is 19.9 Å². The van der Waals surface area contributed by atoms with Crippen LogP contribution in [0.3, 0.4) is 0 Å². The SMILES string of the molecule is COc1ccc(OC)c(C2=CC(c3ccccc3)n3ncnc3N2)c1. The normalized spacial score (nSPS) is 15.8. The van der Waals surface area contributed by atoms with E-state index in [-0.39, 0.29) is 6.04 Å². The highest BCUT2D eigenvalue weighted by atomic mass is 16.5. The van der Waals surface area contributed by atoms with Gasteiger partial charge >= 0.3 is 0 Å². The van der Waals surface area contributed by atoms with Crippen LogP contribution in [0, 0.1) is 0 Å². The molecule has 4 rings (SSSR count). The van der Waals surface area contributed by atoms with E-state index in [1.165, 1.54) is 0 Å². The van der Waals surface area contributed by atoms with E-state index >= 15 is 0 Å². The van der Waals surface area contributed by atoms with Gasteiger partial charge in [-0.1, -0.05) is 30.3 Å². The Balaban J connectivity index is 1.84. The van der Waals surface area contributed by atoms with Crippen LogP contribution in [0.5, 0.6) is 11.5 Å². The Kier molecular flexibility index (Phi) is 3.85. The van der Waals surface area contributed by atoms with Gasteiger partial charge in [-0.3, -0.25) is 0 Å². The lowest BCUT2D eigenvalue weighted by Gasteiger charge is -2.25. The molecule has 1 aliphatic heterocycles. The number of ether oxygens (including phenoxy) is 2. The fraction of sp³-hybridized carbons (Fsp3) is 0.158. The van der Waals surface area contributed by atoms with E-state index in [4.69, 9.17) is 9.47 Å². The van der Waals surface area contributed by atoms with Crippen molar-refractivity contribution >= 4 is 11.6 Å². The van der Waals surface area contributed by atoms with Gasteiger partial charge in [-0.05, 0) is 29.8 Å². The van der Waals surface area contributed by atoms with Crippen molar-refractivity contribution in [1.82, 2.24) is 14.8 Å². The number of methoxy groups -OCH3 is 2. The van der Waals surface area contributed by atoms with Crippen molar-refractivity contribution < 1.29 is 9.47 Å². The summed E-state index contributed by atoms with van der Waals surface area (Å²) in [6, 6.07) is 15.9. The highest BCUT2D eigenvalue weighted by Gasteiger charge is 2.24. The van der Waals surface area contributed by atoms with E-state index in [9.17, 15) is 0 Å². The number of rotatable bonds is 4. The molecule has 25 heavy (non-hydrogen) atoms. The number of hydrogen-bond donors (Lipinski definition) is 1. The van der Waals surface area contributed by atoms with Crippen LogP contribution >= 0.6 is 0 Å². The first-order valence-corrected chi connectivity index (χ1v) is 7.96. The summed E-state index contributed by atoms with van der Waals surface area (Å²) in [4.78, 5) is 4.33. The maximum Gasteiger partial charge on any atom is 0.226 e. The summed E-state index contributed by atoms with van der Waals surface area (Å²) >= 11 is 0. The lowest BCUT2D eigenvalue weighted by Crippen LogP contribution is -2.20. The Labute approximate surface area is 145 Å². The summed E-state index contributed by atoms with van der Waals surface area (Å²) in [6.07, 6.45) is 3.67. The first-order valence-electron chi connectivity index (χ1n) is 7.96. The summed E-state index contributed by atoms with van der Waals surface area (Å²) in [5.74, 6) is 2.22. The molecule has 6 heteroatoms. The Morgan fingerprint density at radius 2 is 1.88 bits per heavy atom. The lowest BCUT2D eigenvalue weighted by atomic mass is 10.0. The highest BCUT2D eigenvalue weighted by molar-refractivity contribution is 5.80. The van der Waals surface area contributed by atoms with Gasteiger partial charge in [0.2, 0.25) is 5.95 Å². The van der Waals surface area contributed by atoms with Crippen molar-refractivity contribution in [3.8, 4) is 11.5 Å². The zero-order chi connectivity index (χ0) is 17.2. The van der Waals surface area contributed by atoms with E-state index in [1.54, 1.807) is 20.5 Å². The second kappa shape index (κ2) is 6.32. The highest BCUT2D eigenvalue weighted by Crippen LogP contribution is 2.36. The van der Waals surface area contributed by atoms with E-state index in [1.807, 2.05) is 41.1 Å². The number of nitrogens with one attached hydrogen (secondary N) is 1. The molecule has 0 bridgehead atoms. The van der Waals surface area contributed by atoms with Gasteiger partial charge < -0.3 is 14.8 Å². The number of allylic oxidation sites excluding steroid dienone is 1. The van der Waals surface area contributed by atoms with Crippen LogP contribution in [0.25, 0.3) is 5.70 Å². The molecule has 1 unspecified atom stereocenters. The van der Waals surface area contributed by atoms with Crippen LogP contribution in [0.1, 0.15) is 17.2 Å². The predicted molar refractivity (Wildman–Crippen MR) is 95.7 cm³/mol. The zero-order valence-electron chi connectivity index (χ0n) is 14.0. The molecule has 0 amide bonds. The monoisotopic (exact) mass is 334 g/mol. The third-order valence-electron chi connectivity index (χ3n) is 4.25. The van der Waals surface area contributed by atoms with E-state index in [2.05, 4.69) is 33.6 Å². The standard InChI is InChI=1S/C19H18N4O2/c1-24-14-8-9-18(25-2)15(10-14)16-11-17(13-6-4-3-5-7-13)23-19(22-16)20-12-21-23/h3-12,17H,1-2H3,(H,20,21,22). The Morgan fingerprint density at radius 3 is 2.64 bits per heavy atom. The molecule has 2 heterocycles. The third-order valence-corrected chi connectivity index (χ3v) is 4.25. The van der Waals surface area contributed by atoms with Gasteiger partial charge in [0.15, 0.2) is 0 Å². The lowest BCUT2D eigenvalue weighted by molar-refractivity contribution is 0.402. The number of benzene rings is 2. The number of fused-ring (bicyclic) bond motifs is 1. The molecule has 126 valence electrons. The minimum Gasteiger partial charge on any atom is -0.497 e. The van der Waals surface area contributed by atoms with Crippen molar-refractivity contribution in [2.75, 3.05) is 19.5 Å². The van der Waals surface area contributed by atoms with Gasteiger partial charge in [0.1, 0.15) is 23.9 Å². The Morgan fingerprint density at radius 1 is 1.04 bits per heavy atom. The van der Waals surface area contributed by atoms with Gasteiger partial charge in [0.25, 0.3) is 0 Å². The molecule has 0 saturated heterocycles. The number of aromatic nitrogens is 3. The molecule has 1 N–H and O–H groups in total. The Hall–Kier alpha value is -3.28. The van der Waals surface area contributed by atoms with Crippen LogP contribution in [-0.4, -0.2) is 29.0 Å². The minimum atomic E-state index is -0.0501. The Bertz CT molecular complexity index is 918. The van der Waals surface area contributed by atoms with Crippen LogP contribution in [0.4, 0.5) is 5.95 Å². The number of hydrogen-bond acceptors (Lipinski definition) is 5. The minimum absolute atomic E-state index is 0.0501. The molecule has 1 aromatic heterocycles. The number of anilines is 1. The van der Waals surface area contributed by atoms with Crippen LogP contribution < -0.4 is 14.8 Å². The molecule has 3 aromatic rings.